The van der Waals surface area contributed by atoms with E-state index in [0.29, 0.717) is 17.7 Å². The number of nitrogens with one attached hydrogen (secondary N) is 1. The number of nitrogens with two attached hydrogens (primary N) is 1. The van der Waals surface area contributed by atoms with Gasteiger partial charge >= 0.3 is 0 Å². The number of Topliss-reactive ketones (excluding diaryl/α,β-unsaturated/α-hetero) is 1. The van der Waals surface area contributed by atoms with Gasteiger partial charge in [0.05, 0.1) is 11.7 Å². The highest BCUT2D eigenvalue weighted by atomic mass is 32.1. The number of thiazole rings is 1. The number of ketones is 1. The Labute approximate surface area is 231 Å². The molecule has 4 heterocycles. The van der Waals surface area contributed by atoms with Gasteiger partial charge in [-0.3, -0.25) is 14.4 Å². The van der Waals surface area contributed by atoms with Crippen molar-refractivity contribution in [3.05, 3.63) is 35.0 Å². The van der Waals surface area contributed by atoms with Gasteiger partial charge in [0, 0.05) is 49.2 Å². The molecule has 1 unspecified atom stereocenters. The third-order valence-electron chi connectivity index (χ3n) is 7.59. The van der Waals surface area contributed by atoms with E-state index in [4.69, 9.17) is 10.5 Å². The molecule has 5 rings (SSSR count). The van der Waals surface area contributed by atoms with Gasteiger partial charge in [0.15, 0.2) is 10.9 Å². The number of likely N-dealkylation sites (N-methyl/N-ethyl adjacent to an activating group) is 1. The standard InChI is InChI=1S/C27H35FN6O4S/c1-15(2)10-20(26(37)34-12-19(29)24-23(34)22(35)13-38-24)30-25(36)16-4-5-17(18(28)11-16)21-14-39-27(31-21)33-8-6-32(3)7-9-33/h4-5,11,14-15,19-20,23-24H,6-10,12-13,29H2,1-3H3,(H,30,36)/t19-,20-,23+,24?/m0/s1. The highest BCUT2D eigenvalue weighted by Gasteiger charge is 2.52. The molecule has 3 aliphatic heterocycles. The van der Waals surface area contributed by atoms with Crippen molar-refractivity contribution in [2.75, 3.05) is 51.3 Å². The molecule has 3 saturated heterocycles. The summed E-state index contributed by atoms with van der Waals surface area (Å²) in [5, 5.41) is 5.45. The zero-order chi connectivity index (χ0) is 27.8. The van der Waals surface area contributed by atoms with Gasteiger partial charge in [0.2, 0.25) is 5.91 Å². The number of hydrogen-bond donors (Lipinski definition) is 2. The summed E-state index contributed by atoms with van der Waals surface area (Å²) in [6.07, 6.45) is -0.169. The summed E-state index contributed by atoms with van der Waals surface area (Å²) in [5.74, 6) is -1.61. The maximum atomic E-state index is 15.2. The van der Waals surface area contributed by atoms with Crippen LogP contribution in [0.1, 0.15) is 30.6 Å². The first-order valence-corrected chi connectivity index (χ1v) is 14.2. The first kappa shape index (κ1) is 27.6. The molecule has 210 valence electrons. The summed E-state index contributed by atoms with van der Waals surface area (Å²) in [6.45, 7) is 7.61. The van der Waals surface area contributed by atoms with Crippen LogP contribution in [0, 0.1) is 11.7 Å². The van der Waals surface area contributed by atoms with Gasteiger partial charge in [-0.05, 0) is 37.6 Å². The maximum Gasteiger partial charge on any atom is 0.252 e. The van der Waals surface area contributed by atoms with Gasteiger partial charge in [0.25, 0.3) is 5.91 Å². The predicted molar refractivity (Wildman–Crippen MR) is 146 cm³/mol. The Morgan fingerprint density at radius 3 is 2.69 bits per heavy atom. The van der Waals surface area contributed by atoms with Crippen molar-refractivity contribution < 1.29 is 23.5 Å². The van der Waals surface area contributed by atoms with Gasteiger partial charge < -0.3 is 30.5 Å². The number of aromatic nitrogens is 1. The minimum absolute atomic E-state index is 0.0739. The van der Waals surface area contributed by atoms with Crippen LogP contribution in [0.2, 0.25) is 0 Å². The molecule has 4 atom stereocenters. The number of hydrogen-bond acceptors (Lipinski definition) is 9. The second-order valence-corrected chi connectivity index (χ2v) is 11.8. The SMILES string of the molecule is CC(C)C[C@H](NC(=O)c1ccc(-c2csc(N3CCN(C)CC3)n2)c(F)c1)C(=O)N1C[C@H](N)C2OCC(=O)[C@H]21. The highest BCUT2D eigenvalue weighted by Crippen LogP contribution is 2.31. The van der Waals surface area contributed by atoms with Gasteiger partial charge in [-0.2, -0.15) is 0 Å². The van der Waals surface area contributed by atoms with E-state index in [-0.39, 0.29) is 36.3 Å². The average Bonchev–Trinajstić information content (AvgIpc) is 3.61. The molecule has 2 amide bonds. The van der Waals surface area contributed by atoms with E-state index in [1.807, 2.05) is 19.2 Å². The van der Waals surface area contributed by atoms with Crippen LogP contribution in [-0.4, -0.2) is 103 Å². The lowest BCUT2D eigenvalue weighted by Gasteiger charge is -2.32. The summed E-state index contributed by atoms with van der Waals surface area (Å²) >= 11 is 1.47. The smallest absolute Gasteiger partial charge is 0.252 e. The fourth-order valence-corrected chi connectivity index (χ4v) is 6.33. The number of carbonyl (C=O) groups excluding carboxylic acids is 3. The largest absolute Gasteiger partial charge is 0.366 e. The van der Waals surface area contributed by atoms with Crippen molar-refractivity contribution in [1.29, 1.82) is 0 Å². The third-order valence-corrected chi connectivity index (χ3v) is 8.49. The Morgan fingerprint density at radius 2 is 2.00 bits per heavy atom. The quantitative estimate of drug-likeness (QED) is 0.523. The van der Waals surface area contributed by atoms with E-state index in [0.717, 1.165) is 31.3 Å². The highest BCUT2D eigenvalue weighted by molar-refractivity contribution is 7.14. The molecule has 2 aromatic rings. The second-order valence-electron chi connectivity index (χ2n) is 11.0. The molecular weight excluding hydrogens is 523 g/mol. The number of benzene rings is 1. The predicted octanol–water partition coefficient (Wildman–Crippen LogP) is 1.35. The van der Waals surface area contributed by atoms with E-state index >= 15 is 4.39 Å². The van der Waals surface area contributed by atoms with Crippen LogP contribution < -0.4 is 16.0 Å². The summed E-state index contributed by atoms with van der Waals surface area (Å²) < 4.78 is 20.7. The van der Waals surface area contributed by atoms with Crippen LogP contribution in [0.15, 0.2) is 23.6 Å². The maximum absolute atomic E-state index is 15.2. The molecule has 0 saturated carbocycles. The molecule has 0 aliphatic carbocycles. The normalized spacial score (nSPS) is 24.4. The molecule has 3 fully saturated rings. The van der Waals surface area contributed by atoms with Crippen LogP contribution in [0.3, 0.4) is 0 Å². The molecule has 12 heteroatoms. The first-order valence-electron chi connectivity index (χ1n) is 13.3. The molecule has 10 nitrogen and oxygen atoms in total. The third kappa shape index (κ3) is 5.69. The van der Waals surface area contributed by atoms with E-state index in [1.54, 1.807) is 6.07 Å². The number of ether oxygens (including phenoxy) is 1. The molecule has 3 aliphatic rings. The van der Waals surface area contributed by atoms with Crippen LogP contribution in [0.5, 0.6) is 0 Å². The van der Waals surface area contributed by atoms with Crippen LogP contribution in [-0.2, 0) is 14.3 Å². The summed E-state index contributed by atoms with van der Waals surface area (Å²) in [7, 11) is 2.08. The number of rotatable bonds is 7. The minimum atomic E-state index is -0.885. The summed E-state index contributed by atoms with van der Waals surface area (Å²) in [5.41, 5.74) is 7.06. The lowest BCUT2D eigenvalue weighted by Crippen LogP contribution is -2.52. The van der Waals surface area contributed by atoms with Gasteiger partial charge in [-0.25, -0.2) is 9.37 Å². The Balaban J connectivity index is 1.29. The lowest BCUT2D eigenvalue weighted by molar-refractivity contribution is -0.138. The van der Waals surface area contributed by atoms with Crippen molar-refractivity contribution in [2.24, 2.45) is 11.7 Å². The Kier molecular flexibility index (Phi) is 7.99. The van der Waals surface area contributed by atoms with Crippen molar-refractivity contribution in [3.63, 3.8) is 0 Å². The van der Waals surface area contributed by atoms with Crippen molar-refractivity contribution in [1.82, 2.24) is 20.1 Å². The number of piperazine rings is 1. The lowest BCUT2D eigenvalue weighted by atomic mass is 10.0. The molecular formula is C27H35FN6O4S. The number of amides is 2. The van der Waals surface area contributed by atoms with Crippen molar-refractivity contribution in [2.45, 2.75) is 44.5 Å². The van der Waals surface area contributed by atoms with Crippen LogP contribution >= 0.6 is 11.3 Å². The zero-order valence-corrected chi connectivity index (χ0v) is 23.2. The number of carbonyl (C=O) groups is 3. The second kappa shape index (κ2) is 11.3. The Morgan fingerprint density at radius 1 is 1.26 bits per heavy atom. The number of likely N-dealkylation sites (tertiary alicyclic amines) is 1. The number of fused-ring (bicyclic) bond motifs is 1. The fraction of sp³-hybridized carbons (Fsp3) is 0.556. The summed E-state index contributed by atoms with van der Waals surface area (Å²) in [4.78, 5) is 49.6. The van der Waals surface area contributed by atoms with Crippen molar-refractivity contribution >= 4 is 34.1 Å². The average molecular weight is 559 g/mol. The Bertz CT molecular complexity index is 1250. The monoisotopic (exact) mass is 558 g/mol. The number of anilines is 1. The van der Waals surface area contributed by atoms with E-state index in [1.165, 1.54) is 28.4 Å². The zero-order valence-electron chi connectivity index (χ0n) is 22.4. The first-order chi connectivity index (χ1) is 18.6. The minimum Gasteiger partial charge on any atom is -0.366 e. The fourth-order valence-electron chi connectivity index (χ4n) is 5.45. The van der Waals surface area contributed by atoms with E-state index < -0.39 is 36.0 Å². The topological polar surface area (TPSA) is 121 Å². The van der Waals surface area contributed by atoms with Gasteiger partial charge in [0.1, 0.15) is 30.6 Å². The molecule has 0 bridgehead atoms. The molecule has 1 aromatic heterocycles. The molecule has 3 N–H and O–H groups in total. The Hall–Kier alpha value is -2.93. The number of halogens is 1. The van der Waals surface area contributed by atoms with Crippen molar-refractivity contribution in [3.8, 4) is 11.3 Å². The molecule has 0 radical (unpaired) electrons. The van der Waals surface area contributed by atoms with E-state index in [2.05, 4.69) is 27.1 Å². The number of nitrogens with zero attached hydrogens (tertiary/aromatic N) is 4. The van der Waals surface area contributed by atoms with Gasteiger partial charge in [-0.15, -0.1) is 11.3 Å². The molecule has 0 spiro atoms. The van der Waals surface area contributed by atoms with Crippen LogP contribution in [0.25, 0.3) is 11.3 Å². The summed E-state index contributed by atoms with van der Waals surface area (Å²) in [6, 6.07) is 2.17. The molecule has 1 aromatic carbocycles. The van der Waals surface area contributed by atoms with Gasteiger partial charge in [-0.1, -0.05) is 13.8 Å². The van der Waals surface area contributed by atoms with Crippen LogP contribution in [0.4, 0.5) is 9.52 Å². The van der Waals surface area contributed by atoms with E-state index in [9.17, 15) is 14.4 Å². The molecule has 39 heavy (non-hydrogen) atoms.